The van der Waals surface area contributed by atoms with Crippen molar-refractivity contribution in [2.45, 2.75) is 63.2 Å². The van der Waals surface area contributed by atoms with Crippen molar-refractivity contribution >= 4 is 27.5 Å². The number of carbonyl (C=O) groups is 2. The van der Waals surface area contributed by atoms with Crippen molar-refractivity contribution in [2.75, 3.05) is 38.1 Å². The van der Waals surface area contributed by atoms with Crippen molar-refractivity contribution in [3.8, 4) is 5.75 Å². The Kier molecular flexibility index (Phi) is 12.3. The number of fused-ring (bicyclic) bond motifs is 1. The second kappa shape index (κ2) is 16.2. The number of aliphatic hydroxyl groups excluding tert-OH is 1. The molecule has 13 heteroatoms. The molecular formula is C34H43FN4O7S. The molecule has 4 atom stereocenters. The highest BCUT2D eigenvalue weighted by Gasteiger charge is 2.31. The second-order valence-corrected chi connectivity index (χ2v) is 13.7. The Balaban J connectivity index is 1.66. The topological polar surface area (TPSA) is 138 Å². The molecule has 2 heterocycles. The number of aliphatic hydroxyl groups is 1. The number of ether oxygens (including phenoxy) is 2. The molecule has 0 bridgehead atoms. The average molecular weight is 671 g/mol. The number of aromatic nitrogens is 1. The lowest BCUT2D eigenvalue weighted by Crippen LogP contribution is -2.48. The van der Waals surface area contributed by atoms with Crippen LogP contribution in [0.3, 0.4) is 0 Å². The van der Waals surface area contributed by atoms with Gasteiger partial charge in [-0.05, 0) is 87.7 Å². The zero-order valence-electron chi connectivity index (χ0n) is 27.1. The van der Waals surface area contributed by atoms with Crippen molar-refractivity contribution in [3.05, 3.63) is 83.9 Å². The fourth-order valence-electron chi connectivity index (χ4n) is 5.34. The fraction of sp³-hybridized carbons (Fsp3) is 0.441. The normalized spacial score (nSPS) is 20.3. The molecule has 254 valence electrons. The van der Waals surface area contributed by atoms with Crippen LogP contribution in [0, 0.1) is 11.7 Å². The molecule has 47 heavy (non-hydrogen) atoms. The van der Waals surface area contributed by atoms with Gasteiger partial charge >= 0.3 is 0 Å². The predicted molar refractivity (Wildman–Crippen MR) is 175 cm³/mol. The van der Waals surface area contributed by atoms with Gasteiger partial charge in [0.1, 0.15) is 11.6 Å². The first-order chi connectivity index (χ1) is 22.4. The molecule has 0 radical (unpaired) electrons. The highest BCUT2D eigenvalue weighted by atomic mass is 32.2. The van der Waals surface area contributed by atoms with Crippen LogP contribution < -0.4 is 9.46 Å². The molecule has 3 aromatic rings. The zero-order valence-corrected chi connectivity index (χ0v) is 28.0. The lowest BCUT2D eigenvalue weighted by Gasteiger charge is -2.36. The number of likely N-dealkylation sites (N-methyl/N-ethyl adjacent to an activating group) is 1. The molecule has 2 amide bonds. The van der Waals surface area contributed by atoms with Crippen LogP contribution in [0.1, 0.15) is 60.7 Å². The smallest absolute Gasteiger partial charge is 0.261 e. The number of nitrogens with one attached hydrogen (secondary N) is 1. The lowest BCUT2D eigenvalue weighted by atomic mass is 10.0. The van der Waals surface area contributed by atoms with Gasteiger partial charge in [-0.25, -0.2) is 12.8 Å². The average Bonchev–Trinajstić information content (AvgIpc) is 3.06. The number of halogens is 1. The molecule has 0 unspecified atom stereocenters. The van der Waals surface area contributed by atoms with Crippen LogP contribution in [-0.2, 0) is 14.8 Å². The molecule has 2 N–H and O–H groups in total. The maximum absolute atomic E-state index is 14.3. The third-order valence-electron chi connectivity index (χ3n) is 8.16. The van der Waals surface area contributed by atoms with Gasteiger partial charge in [0, 0.05) is 56.3 Å². The summed E-state index contributed by atoms with van der Waals surface area (Å²) < 4.78 is 54.6. The van der Waals surface area contributed by atoms with Gasteiger partial charge in [0.05, 0.1) is 35.3 Å². The van der Waals surface area contributed by atoms with Gasteiger partial charge in [-0.15, -0.1) is 0 Å². The minimum absolute atomic E-state index is 0.112. The van der Waals surface area contributed by atoms with E-state index >= 15 is 0 Å². The van der Waals surface area contributed by atoms with E-state index in [1.54, 1.807) is 49.5 Å². The molecule has 0 fully saturated rings. The maximum atomic E-state index is 14.3. The van der Waals surface area contributed by atoms with Crippen LogP contribution in [0.4, 0.5) is 10.1 Å². The summed E-state index contributed by atoms with van der Waals surface area (Å²) in [6, 6.07) is 11.6. The lowest BCUT2D eigenvalue weighted by molar-refractivity contribution is -0.0149. The van der Waals surface area contributed by atoms with E-state index in [-0.39, 0.29) is 59.5 Å². The first kappa shape index (κ1) is 35.8. The summed E-state index contributed by atoms with van der Waals surface area (Å²) in [5.41, 5.74) is 0.724. The first-order valence-corrected chi connectivity index (χ1v) is 17.2. The minimum Gasteiger partial charge on any atom is -0.490 e. The summed E-state index contributed by atoms with van der Waals surface area (Å²) in [5.74, 6) is -1.22. The fourth-order valence-corrected chi connectivity index (χ4v) is 6.39. The van der Waals surface area contributed by atoms with Crippen molar-refractivity contribution in [1.82, 2.24) is 14.8 Å². The van der Waals surface area contributed by atoms with Gasteiger partial charge in [0.2, 0.25) is 0 Å². The molecule has 0 aliphatic carbocycles. The van der Waals surface area contributed by atoms with E-state index in [2.05, 4.69) is 9.71 Å². The van der Waals surface area contributed by atoms with E-state index in [9.17, 15) is 27.5 Å². The Morgan fingerprint density at radius 1 is 1.13 bits per heavy atom. The largest absolute Gasteiger partial charge is 0.490 e. The first-order valence-electron chi connectivity index (χ1n) is 15.7. The number of pyridine rings is 1. The highest BCUT2D eigenvalue weighted by Crippen LogP contribution is 2.29. The molecule has 0 spiro atoms. The molecule has 1 aromatic heterocycles. The number of rotatable bonds is 8. The number of amides is 2. The number of sulfonamides is 1. The molecule has 1 aliphatic heterocycles. The van der Waals surface area contributed by atoms with Gasteiger partial charge in [-0.1, -0.05) is 6.92 Å². The van der Waals surface area contributed by atoms with Gasteiger partial charge in [0.25, 0.3) is 21.8 Å². The monoisotopic (exact) mass is 670 g/mol. The number of anilines is 1. The van der Waals surface area contributed by atoms with E-state index < -0.39 is 33.9 Å². The number of carbonyl (C=O) groups excluding carboxylic acids is 2. The summed E-state index contributed by atoms with van der Waals surface area (Å²) in [5, 5.41) is 10.2. The van der Waals surface area contributed by atoms with Gasteiger partial charge in [-0.3, -0.25) is 19.3 Å². The van der Waals surface area contributed by atoms with Crippen LogP contribution in [0.2, 0.25) is 0 Å². The summed E-state index contributed by atoms with van der Waals surface area (Å²) >= 11 is 0. The van der Waals surface area contributed by atoms with Crippen LogP contribution >= 0.6 is 0 Å². The van der Waals surface area contributed by atoms with Gasteiger partial charge in [-0.2, -0.15) is 0 Å². The van der Waals surface area contributed by atoms with Crippen LogP contribution in [0.15, 0.2) is 71.9 Å². The summed E-state index contributed by atoms with van der Waals surface area (Å²) in [7, 11) is -2.40. The van der Waals surface area contributed by atoms with Crippen molar-refractivity contribution in [1.29, 1.82) is 0 Å². The molecule has 0 saturated heterocycles. The molecule has 11 nitrogen and oxygen atoms in total. The third kappa shape index (κ3) is 9.49. The van der Waals surface area contributed by atoms with E-state index in [4.69, 9.17) is 9.47 Å². The van der Waals surface area contributed by atoms with Crippen LogP contribution in [0.25, 0.3) is 0 Å². The Hall–Kier alpha value is -4.07. The minimum atomic E-state index is -4.10. The maximum Gasteiger partial charge on any atom is 0.261 e. The summed E-state index contributed by atoms with van der Waals surface area (Å²) in [6.45, 7) is 6.10. The van der Waals surface area contributed by atoms with Crippen molar-refractivity contribution < 1.29 is 37.0 Å². The van der Waals surface area contributed by atoms with Gasteiger partial charge < -0.3 is 24.4 Å². The molecule has 2 aromatic carbocycles. The number of nitrogens with zero attached hydrogens (tertiary/aromatic N) is 3. The number of hydrogen-bond donors (Lipinski definition) is 2. The third-order valence-corrected chi connectivity index (χ3v) is 9.55. The molecular weight excluding hydrogens is 627 g/mol. The van der Waals surface area contributed by atoms with E-state index in [0.717, 1.165) is 37.1 Å². The summed E-state index contributed by atoms with van der Waals surface area (Å²) in [6.07, 6.45) is 4.64. The standard InChI is InChI=1S/C34H43FN4O7S/c1-23-20-39(24(2)22-40)34(42)30-19-28(37-47(43,44)29-11-8-27(35)9-12-29)10-13-31(30)46-25(3)7-5-6-18-45-32(23)21-38(4)33(41)26-14-16-36-17-15-26/h8-17,19,23-25,32,37,40H,5-7,18,20-22H2,1-4H3/t23-,24+,25+,32-/m0/s1. The van der Waals surface area contributed by atoms with Crippen molar-refractivity contribution in [3.63, 3.8) is 0 Å². The molecule has 1 aliphatic rings. The SMILES string of the molecule is C[C@@H]1CCCCO[C@@H](CN(C)C(=O)c2ccncc2)[C@@H](C)CN([C@H](C)CO)C(=O)c2cc(NS(=O)(=O)c3ccc(F)cc3)ccc2O1. The highest BCUT2D eigenvalue weighted by molar-refractivity contribution is 7.92. The molecule has 4 rings (SSSR count). The number of hydrogen-bond acceptors (Lipinski definition) is 8. The number of benzene rings is 2. The Bertz CT molecular complexity index is 1610. The van der Waals surface area contributed by atoms with Crippen LogP contribution in [0.5, 0.6) is 5.75 Å². The van der Waals surface area contributed by atoms with E-state index in [0.29, 0.717) is 18.6 Å². The second-order valence-electron chi connectivity index (χ2n) is 12.0. The Labute approximate surface area is 275 Å². The molecule has 0 saturated carbocycles. The van der Waals surface area contributed by atoms with Gasteiger partial charge in [0.15, 0.2) is 0 Å². The zero-order chi connectivity index (χ0) is 34.1. The summed E-state index contributed by atoms with van der Waals surface area (Å²) in [4.78, 5) is 34.4. The van der Waals surface area contributed by atoms with E-state index in [1.165, 1.54) is 17.0 Å². The Morgan fingerprint density at radius 3 is 2.51 bits per heavy atom. The van der Waals surface area contributed by atoms with E-state index in [1.807, 2.05) is 13.8 Å². The van der Waals surface area contributed by atoms with Crippen molar-refractivity contribution in [2.24, 2.45) is 5.92 Å². The predicted octanol–water partition coefficient (Wildman–Crippen LogP) is 4.59. The van der Waals surface area contributed by atoms with Crippen LogP contribution in [-0.4, -0.2) is 91.7 Å². The quantitative estimate of drug-likeness (QED) is 0.355. The Morgan fingerprint density at radius 2 is 1.83 bits per heavy atom.